The van der Waals surface area contributed by atoms with Crippen LogP contribution in [0.2, 0.25) is 0 Å². The van der Waals surface area contributed by atoms with Gasteiger partial charge in [-0.25, -0.2) is 6.08 Å². The number of allylic oxidation sites excluding steroid dienone is 3. The molecule has 2 nitrogen and oxygen atoms in total. The summed E-state index contributed by atoms with van der Waals surface area (Å²) >= 11 is 0. The van der Waals surface area contributed by atoms with Crippen molar-refractivity contribution in [1.82, 2.24) is 0 Å². The molecule has 1 saturated heterocycles. The molecule has 61 valence electrons. The van der Waals surface area contributed by atoms with Crippen molar-refractivity contribution < 1.29 is 42.2 Å². The fraction of sp³-hybridized carbons (Fsp3) is 0.333. The maximum Gasteiger partial charge on any atom is 0.116 e. The molecule has 0 unspecified atom stereocenters. The first-order valence-corrected chi connectivity index (χ1v) is 3.64. The summed E-state index contributed by atoms with van der Waals surface area (Å²) in [5.41, 5.74) is 1.08. The van der Waals surface area contributed by atoms with E-state index in [2.05, 4.69) is 12.7 Å². The number of ether oxygens (including phenoxy) is 2. The molecule has 3 heteroatoms. The first kappa shape index (κ1) is 10.0. The summed E-state index contributed by atoms with van der Waals surface area (Å²) in [6, 6.07) is 0. The molecule has 0 spiro atoms. The molecular weight excluding hydrogens is 229 g/mol. The summed E-state index contributed by atoms with van der Waals surface area (Å²) in [6.45, 7) is 4.96. The largest absolute Gasteiger partial charge is 0.572 e. The smallest absolute Gasteiger partial charge is 0.116 e. The number of hydrogen-bond acceptors (Lipinski definition) is 2. The summed E-state index contributed by atoms with van der Waals surface area (Å²) in [4.78, 5) is 0. The third-order valence-corrected chi connectivity index (χ3v) is 1.76. The van der Waals surface area contributed by atoms with Crippen LogP contribution >= 0.6 is 0 Å². The predicted molar refractivity (Wildman–Crippen MR) is 40.5 cm³/mol. The predicted octanol–water partition coefficient (Wildman–Crippen LogP) is 1.56. The fourth-order valence-corrected chi connectivity index (χ4v) is 1.21. The third kappa shape index (κ3) is 1.64. The Bertz CT molecular complexity index is 253. The average molecular weight is 238 g/mol. The van der Waals surface area contributed by atoms with Crippen LogP contribution in [0.15, 0.2) is 29.7 Å². The molecule has 0 amide bonds. The number of hydrogen-bond donors (Lipinski definition) is 0. The molecule has 0 bridgehead atoms. The Morgan fingerprint density at radius 1 is 1.33 bits per heavy atom. The molecule has 2 rings (SSSR count). The van der Waals surface area contributed by atoms with E-state index in [-0.39, 0.29) is 32.7 Å². The standard InChI is InChI=1S/C9H9O2.Y/c1-2-7-3-4-8-9(7)11-6-5-10-8;/h2H,1,3,5-6H2;/q-1;. The van der Waals surface area contributed by atoms with Gasteiger partial charge in [0.05, 0.1) is 6.61 Å². The monoisotopic (exact) mass is 238 g/mol. The maximum absolute atomic E-state index is 5.39. The van der Waals surface area contributed by atoms with Gasteiger partial charge in [0.2, 0.25) is 0 Å². The minimum Gasteiger partial charge on any atom is -0.572 e. The van der Waals surface area contributed by atoms with Crippen LogP contribution in [0.5, 0.6) is 0 Å². The van der Waals surface area contributed by atoms with E-state index in [4.69, 9.17) is 9.47 Å². The van der Waals surface area contributed by atoms with Crippen LogP contribution in [0.1, 0.15) is 6.42 Å². The van der Waals surface area contributed by atoms with Gasteiger partial charge in [0, 0.05) is 38.5 Å². The van der Waals surface area contributed by atoms with Crippen molar-refractivity contribution in [1.29, 1.82) is 0 Å². The fourth-order valence-electron chi connectivity index (χ4n) is 1.21. The Labute approximate surface area is 97.2 Å². The van der Waals surface area contributed by atoms with Gasteiger partial charge in [-0.05, 0) is 5.76 Å². The SMILES string of the molecule is C=CC1=C2OCCOC2=[C-]C1.[Y]. The van der Waals surface area contributed by atoms with Gasteiger partial charge < -0.3 is 9.47 Å². The van der Waals surface area contributed by atoms with Crippen molar-refractivity contribution >= 4 is 0 Å². The van der Waals surface area contributed by atoms with Crippen molar-refractivity contribution in [2.75, 3.05) is 13.2 Å². The molecule has 0 aromatic rings. The van der Waals surface area contributed by atoms with E-state index in [0.29, 0.717) is 13.2 Å². The Kier molecular flexibility index (Phi) is 3.54. The second kappa shape index (κ2) is 4.24. The van der Waals surface area contributed by atoms with E-state index in [1.165, 1.54) is 0 Å². The van der Waals surface area contributed by atoms with Crippen LogP contribution in [0, 0.1) is 6.08 Å². The molecule has 1 radical (unpaired) electrons. The molecule has 1 fully saturated rings. The van der Waals surface area contributed by atoms with Crippen LogP contribution in [-0.4, -0.2) is 13.2 Å². The molecular formula is C9H9O2Y-. The van der Waals surface area contributed by atoms with E-state index >= 15 is 0 Å². The summed E-state index contributed by atoms with van der Waals surface area (Å²) in [5, 5.41) is 0. The van der Waals surface area contributed by atoms with E-state index in [0.717, 1.165) is 23.5 Å². The average Bonchev–Trinajstić information content (AvgIpc) is 2.47. The topological polar surface area (TPSA) is 18.5 Å². The summed E-state index contributed by atoms with van der Waals surface area (Å²) in [6.07, 6.45) is 5.65. The van der Waals surface area contributed by atoms with Gasteiger partial charge in [-0.15, -0.1) is 12.2 Å². The van der Waals surface area contributed by atoms with Crippen molar-refractivity contribution in [3.63, 3.8) is 0 Å². The van der Waals surface area contributed by atoms with Crippen molar-refractivity contribution in [2.24, 2.45) is 0 Å². The maximum atomic E-state index is 5.39. The van der Waals surface area contributed by atoms with E-state index in [1.54, 1.807) is 6.08 Å². The quantitative estimate of drug-likeness (QED) is 0.645. The normalized spacial score (nSPS) is 19.8. The molecule has 0 aromatic heterocycles. The molecule has 0 saturated carbocycles. The zero-order chi connectivity index (χ0) is 7.68. The van der Waals surface area contributed by atoms with Gasteiger partial charge in [-0.1, -0.05) is 12.5 Å². The van der Waals surface area contributed by atoms with Crippen molar-refractivity contribution in [3.05, 3.63) is 35.8 Å². The van der Waals surface area contributed by atoms with Crippen LogP contribution in [0.25, 0.3) is 0 Å². The summed E-state index contributed by atoms with van der Waals surface area (Å²) in [5.74, 6) is 1.61. The minimum atomic E-state index is 0. The van der Waals surface area contributed by atoms with Crippen molar-refractivity contribution in [2.45, 2.75) is 6.42 Å². The summed E-state index contributed by atoms with van der Waals surface area (Å²) < 4.78 is 10.7. The van der Waals surface area contributed by atoms with Gasteiger partial charge in [0.15, 0.2) is 0 Å². The second-order valence-electron chi connectivity index (χ2n) is 2.44. The minimum absolute atomic E-state index is 0. The first-order valence-electron chi connectivity index (χ1n) is 3.64. The molecule has 1 aliphatic heterocycles. The Morgan fingerprint density at radius 2 is 2.08 bits per heavy atom. The van der Waals surface area contributed by atoms with Gasteiger partial charge in [-0.3, -0.25) is 0 Å². The Hall–Kier alpha value is -0.0761. The van der Waals surface area contributed by atoms with Gasteiger partial charge in [-0.2, -0.15) is 0 Å². The zero-order valence-corrected chi connectivity index (χ0v) is 9.64. The van der Waals surface area contributed by atoms with E-state index < -0.39 is 0 Å². The second-order valence-corrected chi connectivity index (χ2v) is 2.44. The first-order chi connectivity index (χ1) is 5.42. The molecule has 0 atom stereocenters. The van der Waals surface area contributed by atoms with Gasteiger partial charge >= 0.3 is 0 Å². The van der Waals surface area contributed by atoms with Crippen LogP contribution in [0.3, 0.4) is 0 Å². The summed E-state index contributed by atoms with van der Waals surface area (Å²) in [7, 11) is 0. The third-order valence-electron chi connectivity index (χ3n) is 1.76. The molecule has 1 heterocycles. The number of fused-ring (bicyclic) bond motifs is 1. The van der Waals surface area contributed by atoms with Gasteiger partial charge in [0.25, 0.3) is 0 Å². The molecule has 12 heavy (non-hydrogen) atoms. The molecule has 2 aliphatic rings. The van der Waals surface area contributed by atoms with E-state index in [9.17, 15) is 0 Å². The van der Waals surface area contributed by atoms with Gasteiger partial charge in [0.1, 0.15) is 6.61 Å². The molecule has 0 aromatic carbocycles. The zero-order valence-electron chi connectivity index (χ0n) is 6.80. The van der Waals surface area contributed by atoms with Crippen LogP contribution in [-0.2, 0) is 42.2 Å². The number of rotatable bonds is 1. The van der Waals surface area contributed by atoms with Crippen LogP contribution < -0.4 is 0 Å². The van der Waals surface area contributed by atoms with Crippen molar-refractivity contribution in [3.8, 4) is 0 Å². The Morgan fingerprint density at radius 3 is 2.83 bits per heavy atom. The molecule has 1 aliphatic carbocycles. The Balaban J connectivity index is 0.000000720. The molecule has 0 N–H and O–H groups in total. The van der Waals surface area contributed by atoms with E-state index in [1.807, 2.05) is 0 Å². The van der Waals surface area contributed by atoms with Crippen LogP contribution in [0.4, 0.5) is 0 Å².